The van der Waals surface area contributed by atoms with Gasteiger partial charge in [0.2, 0.25) is 0 Å². The average molecular weight is 232 g/mol. The van der Waals surface area contributed by atoms with Crippen LogP contribution in [-0.2, 0) is 6.54 Å². The fourth-order valence-corrected chi connectivity index (χ4v) is 1.69. The van der Waals surface area contributed by atoms with Crippen LogP contribution in [0.3, 0.4) is 0 Å². The van der Waals surface area contributed by atoms with Crippen LogP contribution in [0.1, 0.15) is 5.69 Å². The molecular weight excluding hydrogens is 220 g/mol. The molecule has 0 saturated heterocycles. The van der Waals surface area contributed by atoms with Gasteiger partial charge in [0.15, 0.2) is 11.5 Å². The van der Waals surface area contributed by atoms with E-state index >= 15 is 0 Å². The zero-order valence-corrected chi connectivity index (χ0v) is 9.17. The second-order valence-corrected chi connectivity index (χ2v) is 3.69. The molecule has 0 spiro atoms. The molecule has 2 aromatic rings. The molecule has 1 aliphatic rings. The zero-order valence-electron chi connectivity index (χ0n) is 9.17. The Morgan fingerprint density at radius 2 is 2.06 bits per heavy atom. The van der Waals surface area contributed by atoms with E-state index in [0.717, 1.165) is 22.9 Å². The van der Waals surface area contributed by atoms with E-state index in [-0.39, 0.29) is 0 Å². The maximum Gasteiger partial charge on any atom is 0.163 e. The third-order valence-electron chi connectivity index (χ3n) is 2.54. The van der Waals surface area contributed by atoms with Gasteiger partial charge in [0.25, 0.3) is 0 Å². The first kappa shape index (κ1) is 10.1. The Hall–Kier alpha value is -2.08. The lowest BCUT2D eigenvalue weighted by molar-refractivity contribution is 0.171. The van der Waals surface area contributed by atoms with Gasteiger partial charge >= 0.3 is 0 Å². The van der Waals surface area contributed by atoms with Crippen molar-refractivity contribution >= 4 is 0 Å². The third-order valence-corrected chi connectivity index (χ3v) is 2.54. The number of ether oxygens (including phenoxy) is 2. The maximum absolute atomic E-state index is 5.51. The Kier molecular flexibility index (Phi) is 2.41. The van der Waals surface area contributed by atoms with Gasteiger partial charge in [0, 0.05) is 12.6 Å². The molecule has 0 fully saturated rings. The molecule has 2 heterocycles. The Morgan fingerprint density at radius 3 is 2.82 bits per heavy atom. The van der Waals surface area contributed by atoms with Crippen molar-refractivity contribution in [1.29, 1.82) is 0 Å². The molecule has 0 saturated carbocycles. The number of hydrogen-bond donors (Lipinski definition) is 1. The molecule has 1 aliphatic heterocycles. The Labute approximate surface area is 97.9 Å². The standard InChI is InChI=1S/C11H12N4O2/c12-6-8-7-15(14-13-8)9-1-2-10-11(5-9)17-4-3-16-10/h1-2,5,7H,3-4,6,12H2. The lowest BCUT2D eigenvalue weighted by Crippen LogP contribution is -2.15. The van der Waals surface area contributed by atoms with Crippen molar-refractivity contribution in [3.05, 3.63) is 30.1 Å². The van der Waals surface area contributed by atoms with Gasteiger partial charge in [-0.2, -0.15) is 0 Å². The number of benzene rings is 1. The highest BCUT2D eigenvalue weighted by molar-refractivity contribution is 5.49. The number of rotatable bonds is 2. The summed E-state index contributed by atoms with van der Waals surface area (Å²) in [6.07, 6.45) is 1.80. The van der Waals surface area contributed by atoms with E-state index in [0.29, 0.717) is 19.8 Å². The van der Waals surface area contributed by atoms with Gasteiger partial charge in [-0.05, 0) is 12.1 Å². The Morgan fingerprint density at radius 1 is 1.24 bits per heavy atom. The van der Waals surface area contributed by atoms with Crippen molar-refractivity contribution in [3.8, 4) is 17.2 Å². The number of aromatic nitrogens is 3. The summed E-state index contributed by atoms with van der Waals surface area (Å²) in [5, 5.41) is 7.94. The molecule has 0 amide bonds. The van der Waals surface area contributed by atoms with Gasteiger partial charge in [-0.25, -0.2) is 4.68 Å². The highest BCUT2D eigenvalue weighted by Crippen LogP contribution is 2.31. The molecule has 0 radical (unpaired) electrons. The summed E-state index contributed by atoms with van der Waals surface area (Å²) in [6.45, 7) is 1.54. The first-order valence-electron chi connectivity index (χ1n) is 5.38. The highest BCUT2D eigenvalue weighted by atomic mass is 16.6. The molecule has 3 rings (SSSR count). The second-order valence-electron chi connectivity index (χ2n) is 3.69. The van der Waals surface area contributed by atoms with E-state index in [4.69, 9.17) is 15.2 Å². The maximum atomic E-state index is 5.51. The number of hydrogen-bond acceptors (Lipinski definition) is 5. The molecule has 6 nitrogen and oxygen atoms in total. The van der Waals surface area contributed by atoms with Crippen LogP contribution in [0.25, 0.3) is 5.69 Å². The molecule has 1 aromatic carbocycles. The first-order valence-corrected chi connectivity index (χ1v) is 5.38. The Balaban J connectivity index is 1.97. The minimum absolute atomic E-state index is 0.380. The van der Waals surface area contributed by atoms with E-state index in [1.165, 1.54) is 0 Å². The van der Waals surface area contributed by atoms with Crippen molar-refractivity contribution in [2.45, 2.75) is 6.54 Å². The normalized spacial score (nSPS) is 13.7. The van der Waals surface area contributed by atoms with Gasteiger partial charge in [0.1, 0.15) is 13.2 Å². The lowest BCUT2D eigenvalue weighted by atomic mass is 10.2. The summed E-state index contributed by atoms with van der Waals surface area (Å²) < 4.78 is 12.6. The second kappa shape index (κ2) is 4.06. The number of fused-ring (bicyclic) bond motifs is 1. The fourth-order valence-electron chi connectivity index (χ4n) is 1.69. The van der Waals surface area contributed by atoms with E-state index < -0.39 is 0 Å². The molecule has 2 N–H and O–H groups in total. The van der Waals surface area contributed by atoms with Crippen LogP contribution in [0, 0.1) is 0 Å². The summed E-state index contributed by atoms with van der Waals surface area (Å²) in [5.74, 6) is 1.50. The van der Waals surface area contributed by atoms with Gasteiger partial charge in [-0.3, -0.25) is 0 Å². The minimum Gasteiger partial charge on any atom is -0.486 e. The van der Waals surface area contributed by atoms with Crippen LogP contribution in [0.4, 0.5) is 0 Å². The lowest BCUT2D eigenvalue weighted by Gasteiger charge is -2.18. The van der Waals surface area contributed by atoms with Crippen molar-refractivity contribution in [3.63, 3.8) is 0 Å². The Bertz CT molecular complexity index is 538. The minimum atomic E-state index is 0.380. The summed E-state index contributed by atoms with van der Waals surface area (Å²) in [4.78, 5) is 0. The molecule has 0 bridgehead atoms. The molecule has 0 unspecified atom stereocenters. The van der Waals surface area contributed by atoms with Gasteiger partial charge in [0.05, 0.1) is 17.6 Å². The van der Waals surface area contributed by atoms with E-state index in [2.05, 4.69) is 10.3 Å². The first-order chi connectivity index (χ1) is 8.36. The molecular formula is C11H12N4O2. The topological polar surface area (TPSA) is 75.2 Å². The molecule has 6 heteroatoms. The summed E-state index contributed by atoms with van der Waals surface area (Å²) in [5.41, 5.74) is 7.12. The summed E-state index contributed by atoms with van der Waals surface area (Å²) in [7, 11) is 0. The quantitative estimate of drug-likeness (QED) is 0.815. The SMILES string of the molecule is NCc1cn(-c2ccc3c(c2)OCCO3)nn1. The van der Waals surface area contributed by atoms with Crippen molar-refractivity contribution in [2.75, 3.05) is 13.2 Å². The van der Waals surface area contributed by atoms with E-state index in [1.807, 2.05) is 18.2 Å². The average Bonchev–Trinajstić information content (AvgIpc) is 2.87. The molecule has 1 aromatic heterocycles. The van der Waals surface area contributed by atoms with Crippen LogP contribution in [0.2, 0.25) is 0 Å². The van der Waals surface area contributed by atoms with E-state index in [9.17, 15) is 0 Å². The zero-order chi connectivity index (χ0) is 11.7. The van der Waals surface area contributed by atoms with Crippen molar-refractivity contribution < 1.29 is 9.47 Å². The van der Waals surface area contributed by atoms with Gasteiger partial charge < -0.3 is 15.2 Å². The van der Waals surface area contributed by atoms with Crippen LogP contribution in [-0.4, -0.2) is 28.2 Å². The van der Waals surface area contributed by atoms with Crippen molar-refractivity contribution in [2.24, 2.45) is 5.73 Å². The summed E-state index contributed by atoms with van der Waals surface area (Å²) >= 11 is 0. The largest absolute Gasteiger partial charge is 0.486 e. The van der Waals surface area contributed by atoms with Crippen molar-refractivity contribution in [1.82, 2.24) is 15.0 Å². The van der Waals surface area contributed by atoms with Gasteiger partial charge in [-0.15, -0.1) is 5.10 Å². The monoisotopic (exact) mass is 232 g/mol. The van der Waals surface area contributed by atoms with E-state index in [1.54, 1.807) is 10.9 Å². The smallest absolute Gasteiger partial charge is 0.163 e. The predicted molar refractivity (Wildman–Crippen MR) is 60.2 cm³/mol. The molecule has 88 valence electrons. The van der Waals surface area contributed by atoms with Crippen LogP contribution >= 0.6 is 0 Å². The highest BCUT2D eigenvalue weighted by Gasteiger charge is 2.12. The van der Waals surface area contributed by atoms with Crippen LogP contribution in [0.15, 0.2) is 24.4 Å². The van der Waals surface area contributed by atoms with Gasteiger partial charge in [-0.1, -0.05) is 5.21 Å². The molecule has 0 atom stereocenters. The number of nitrogens with two attached hydrogens (primary N) is 1. The number of nitrogens with zero attached hydrogens (tertiary/aromatic N) is 3. The third kappa shape index (κ3) is 1.83. The van der Waals surface area contributed by atoms with Crippen LogP contribution < -0.4 is 15.2 Å². The predicted octanol–water partition coefficient (Wildman–Crippen LogP) is 0.497. The molecule has 0 aliphatic carbocycles. The fraction of sp³-hybridized carbons (Fsp3) is 0.273. The van der Waals surface area contributed by atoms with Crippen LogP contribution in [0.5, 0.6) is 11.5 Å². The summed E-state index contributed by atoms with van der Waals surface area (Å²) in [6, 6.07) is 5.65. The molecule has 17 heavy (non-hydrogen) atoms.